The van der Waals surface area contributed by atoms with Gasteiger partial charge in [-0.2, -0.15) is 0 Å². The van der Waals surface area contributed by atoms with Gasteiger partial charge in [0.25, 0.3) is 5.91 Å². The Balaban J connectivity index is 0.00000588. The van der Waals surface area contributed by atoms with Crippen LogP contribution in [0.3, 0.4) is 0 Å². The maximum absolute atomic E-state index is 13.6. The molecular weight excluding hydrogens is 592 g/mol. The second kappa shape index (κ2) is 13.8. The van der Waals surface area contributed by atoms with E-state index in [0.717, 1.165) is 16.8 Å². The zero-order chi connectivity index (χ0) is 29.8. The minimum atomic E-state index is -0.873. The van der Waals surface area contributed by atoms with Crippen LogP contribution in [-0.4, -0.2) is 74.4 Å². The SMILES string of the molecule is Br.CCOc1cc2c(cc1C(=O)NC)C(=N)N(CC(=O)c1cc(N(C)C)c(OCCCC(=O)O)c(C(C)(C)C)c1)C2. The third-order valence-electron chi connectivity index (χ3n) is 6.71. The van der Waals surface area contributed by atoms with Crippen molar-refractivity contribution in [3.05, 3.63) is 52.1 Å². The Kier molecular flexibility index (Phi) is 11.3. The highest BCUT2D eigenvalue weighted by Gasteiger charge is 2.31. The quantitative estimate of drug-likeness (QED) is 0.227. The lowest BCUT2D eigenvalue weighted by molar-refractivity contribution is -0.137. The Morgan fingerprint density at radius 1 is 1.12 bits per heavy atom. The van der Waals surface area contributed by atoms with Gasteiger partial charge in [-0.25, -0.2) is 0 Å². The van der Waals surface area contributed by atoms with Crippen molar-refractivity contribution in [1.29, 1.82) is 5.41 Å². The van der Waals surface area contributed by atoms with Gasteiger partial charge in [-0.15, -0.1) is 17.0 Å². The first-order valence-electron chi connectivity index (χ1n) is 13.4. The van der Waals surface area contributed by atoms with Crippen LogP contribution in [0.2, 0.25) is 0 Å². The van der Waals surface area contributed by atoms with Gasteiger partial charge in [-0.1, -0.05) is 20.8 Å². The van der Waals surface area contributed by atoms with Crippen molar-refractivity contribution in [3.63, 3.8) is 0 Å². The van der Waals surface area contributed by atoms with Gasteiger partial charge in [-0.3, -0.25) is 19.8 Å². The standard InChI is InChI=1S/C30H40N4O6.BrH/c1-8-39-25-14-19-16-34(28(31)20(19)15-21(25)29(38)32-5)17-24(35)18-12-22(30(2,3)4)27(23(13-18)33(6)7)40-11-9-10-26(36)37;/h12-15,31H,8-11,16-17H2,1-7H3,(H,32,38)(H,36,37);1H. The van der Waals surface area contributed by atoms with Gasteiger partial charge in [-0.05, 0) is 48.6 Å². The van der Waals surface area contributed by atoms with Crippen LogP contribution in [0, 0.1) is 5.41 Å². The number of hydrogen-bond donors (Lipinski definition) is 3. The fraction of sp³-hybridized carbons (Fsp3) is 0.467. The molecule has 1 amide bonds. The summed E-state index contributed by atoms with van der Waals surface area (Å²) in [7, 11) is 5.28. The first-order chi connectivity index (χ1) is 18.8. The molecule has 1 aliphatic heterocycles. The van der Waals surface area contributed by atoms with Gasteiger partial charge >= 0.3 is 5.97 Å². The highest BCUT2D eigenvalue weighted by molar-refractivity contribution is 8.93. The molecule has 11 heteroatoms. The van der Waals surface area contributed by atoms with E-state index in [4.69, 9.17) is 20.0 Å². The monoisotopic (exact) mass is 632 g/mol. The van der Waals surface area contributed by atoms with E-state index in [1.807, 2.05) is 52.8 Å². The molecule has 0 fully saturated rings. The number of ether oxygens (including phenoxy) is 2. The molecule has 224 valence electrons. The molecule has 0 radical (unpaired) electrons. The number of anilines is 1. The smallest absolute Gasteiger partial charge is 0.303 e. The number of halogens is 1. The van der Waals surface area contributed by atoms with Crippen LogP contribution in [0.15, 0.2) is 24.3 Å². The van der Waals surface area contributed by atoms with E-state index in [9.17, 15) is 14.4 Å². The first kappa shape index (κ1) is 33.6. The van der Waals surface area contributed by atoms with Crippen molar-refractivity contribution in [1.82, 2.24) is 10.2 Å². The van der Waals surface area contributed by atoms with E-state index in [1.54, 1.807) is 30.1 Å². The summed E-state index contributed by atoms with van der Waals surface area (Å²) in [6.07, 6.45) is 0.385. The summed E-state index contributed by atoms with van der Waals surface area (Å²) in [5, 5.41) is 20.3. The van der Waals surface area contributed by atoms with E-state index < -0.39 is 5.97 Å². The number of nitrogens with one attached hydrogen (secondary N) is 2. The van der Waals surface area contributed by atoms with Crippen LogP contribution in [0.1, 0.15) is 77.9 Å². The van der Waals surface area contributed by atoms with Crippen molar-refractivity contribution in [2.75, 3.05) is 45.8 Å². The third kappa shape index (κ3) is 7.78. The molecule has 0 atom stereocenters. The van der Waals surface area contributed by atoms with E-state index in [-0.39, 0.29) is 59.5 Å². The number of carbonyl (C=O) groups excluding carboxylic acids is 2. The minimum absolute atomic E-state index is 0. The van der Waals surface area contributed by atoms with Crippen molar-refractivity contribution in [2.24, 2.45) is 0 Å². The zero-order valence-corrected chi connectivity index (χ0v) is 26.6. The van der Waals surface area contributed by atoms with Crippen LogP contribution >= 0.6 is 17.0 Å². The summed E-state index contributed by atoms with van der Waals surface area (Å²) in [6, 6.07) is 7.06. The first-order valence-corrected chi connectivity index (χ1v) is 13.4. The Bertz CT molecular complexity index is 1320. The van der Waals surface area contributed by atoms with Gasteiger partial charge in [0, 0.05) is 50.8 Å². The predicted molar refractivity (Wildman–Crippen MR) is 165 cm³/mol. The number of Topliss-reactive ketones (excluding diaryl/α,β-unsaturated/α-hetero) is 1. The van der Waals surface area contributed by atoms with Gasteiger partial charge in [0.15, 0.2) is 5.78 Å². The average molecular weight is 634 g/mol. The Labute approximate surface area is 252 Å². The van der Waals surface area contributed by atoms with Gasteiger partial charge in [0.1, 0.15) is 17.3 Å². The number of benzene rings is 2. The summed E-state index contributed by atoms with van der Waals surface area (Å²) in [6.45, 7) is 8.93. The fourth-order valence-electron chi connectivity index (χ4n) is 4.63. The molecule has 0 saturated heterocycles. The Morgan fingerprint density at radius 3 is 2.37 bits per heavy atom. The molecule has 0 unspecified atom stereocenters. The second-order valence-electron chi connectivity index (χ2n) is 11.0. The zero-order valence-electron chi connectivity index (χ0n) is 24.8. The lowest BCUT2D eigenvalue weighted by Gasteiger charge is -2.28. The number of amidine groups is 1. The lowest BCUT2D eigenvalue weighted by Crippen LogP contribution is -2.30. The number of aliphatic carboxylic acids is 1. The number of carboxylic acids is 1. The Hall–Kier alpha value is -3.60. The van der Waals surface area contributed by atoms with Crippen LogP contribution in [0.25, 0.3) is 0 Å². The molecule has 0 spiro atoms. The van der Waals surface area contributed by atoms with Crippen LogP contribution < -0.4 is 19.7 Å². The van der Waals surface area contributed by atoms with Gasteiger partial charge < -0.3 is 29.7 Å². The van der Waals surface area contributed by atoms with E-state index >= 15 is 0 Å². The molecular formula is C30H41BrN4O6. The van der Waals surface area contributed by atoms with Crippen molar-refractivity contribution < 1.29 is 29.0 Å². The molecule has 0 bridgehead atoms. The molecule has 0 aromatic heterocycles. The van der Waals surface area contributed by atoms with Crippen LogP contribution in [0.5, 0.6) is 11.5 Å². The van der Waals surface area contributed by atoms with Crippen molar-refractivity contribution >= 4 is 46.2 Å². The number of ketones is 1. The predicted octanol–water partition coefficient (Wildman–Crippen LogP) is 4.65. The number of carbonyl (C=O) groups is 3. The number of amides is 1. The summed E-state index contributed by atoms with van der Waals surface area (Å²) in [5.74, 6) is -0.0670. The molecule has 0 saturated carbocycles. The van der Waals surface area contributed by atoms with Crippen LogP contribution in [-0.2, 0) is 16.8 Å². The highest BCUT2D eigenvalue weighted by atomic mass is 79.9. The molecule has 1 heterocycles. The number of carboxylic acid groups (broad SMARTS) is 1. The largest absolute Gasteiger partial charge is 0.493 e. The van der Waals surface area contributed by atoms with Gasteiger partial charge in [0.2, 0.25) is 0 Å². The molecule has 2 aromatic rings. The number of nitrogens with zero attached hydrogens (tertiary/aromatic N) is 2. The number of hydrogen-bond acceptors (Lipinski definition) is 7. The second-order valence-corrected chi connectivity index (χ2v) is 11.0. The van der Waals surface area contributed by atoms with Gasteiger partial charge in [0.05, 0.1) is 31.0 Å². The number of fused-ring (bicyclic) bond motifs is 1. The summed E-state index contributed by atoms with van der Waals surface area (Å²) in [5.41, 5.74) is 3.48. The molecule has 41 heavy (non-hydrogen) atoms. The molecule has 3 rings (SSSR count). The third-order valence-corrected chi connectivity index (χ3v) is 6.71. The summed E-state index contributed by atoms with van der Waals surface area (Å²) < 4.78 is 11.8. The number of rotatable bonds is 12. The van der Waals surface area contributed by atoms with E-state index in [0.29, 0.717) is 47.8 Å². The fourth-order valence-corrected chi connectivity index (χ4v) is 4.63. The topological polar surface area (TPSA) is 132 Å². The van der Waals surface area contributed by atoms with E-state index in [1.165, 1.54) is 0 Å². The van der Waals surface area contributed by atoms with E-state index in [2.05, 4.69) is 5.32 Å². The molecule has 3 N–H and O–H groups in total. The summed E-state index contributed by atoms with van der Waals surface area (Å²) in [4.78, 5) is 40.6. The lowest BCUT2D eigenvalue weighted by atomic mass is 9.84. The van der Waals surface area contributed by atoms with Crippen molar-refractivity contribution in [2.45, 2.75) is 52.5 Å². The molecule has 10 nitrogen and oxygen atoms in total. The van der Waals surface area contributed by atoms with Crippen LogP contribution in [0.4, 0.5) is 5.69 Å². The average Bonchev–Trinajstić information content (AvgIpc) is 3.18. The molecule has 2 aromatic carbocycles. The maximum Gasteiger partial charge on any atom is 0.303 e. The highest BCUT2D eigenvalue weighted by Crippen LogP contribution is 2.40. The molecule has 0 aliphatic carbocycles. The minimum Gasteiger partial charge on any atom is -0.493 e. The maximum atomic E-state index is 13.6. The Morgan fingerprint density at radius 2 is 1.80 bits per heavy atom. The van der Waals surface area contributed by atoms with Crippen molar-refractivity contribution in [3.8, 4) is 11.5 Å². The molecule has 1 aliphatic rings. The normalized spacial score (nSPS) is 12.4. The summed E-state index contributed by atoms with van der Waals surface area (Å²) >= 11 is 0.